The zero-order valence-electron chi connectivity index (χ0n) is 18.2. The molecule has 0 bridgehead atoms. The number of nitrogens with zero attached hydrogens (tertiary/aromatic N) is 1. The van der Waals surface area contributed by atoms with Gasteiger partial charge in [0, 0.05) is 31.0 Å². The average molecular weight is 418 g/mol. The maximum Gasteiger partial charge on any atom is 0.356 e. The molecule has 1 atom stereocenters. The predicted octanol–water partition coefficient (Wildman–Crippen LogP) is 3.42. The SMILES string of the molecule is CCOC(=O)c1[nH]c2cc(OC)c(OC)cc2c1NC(=O)CCN1CCC[C@H](C)C1. The highest BCUT2D eigenvalue weighted by molar-refractivity contribution is 6.11. The van der Waals surface area contributed by atoms with Gasteiger partial charge in [0.15, 0.2) is 11.5 Å². The topological polar surface area (TPSA) is 92.9 Å². The first-order chi connectivity index (χ1) is 14.5. The van der Waals surface area contributed by atoms with E-state index in [0.717, 1.165) is 13.1 Å². The summed E-state index contributed by atoms with van der Waals surface area (Å²) in [5, 5.41) is 3.58. The van der Waals surface area contributed by atoms with Crippen molar-refractivity contribution in [3.63, 3.8) is 0 Å². The monoisotopic (exact) mass is 417 g/mol. The van der Waals surface area contributed by atoms with E-state index in [4.69, 9.17) is 14.2 Å². The van der Waals surface area contributed by atoms with Gasteiger partial charge in [-0.2, -0.15) is 0 Å². The number of anilines is 1. The molecule has 1 amide bonds. The van der Waals surface area contributed by atoms with Crippen LogP contribution in [0.4, 0.5) is 5.69 Å². The first-order valence-corrected chi connectivity index (χ1v) is 10.4. The van der Waals surface area contributed by atoms with Crippen LogP contribution in [-0.2, 0) is 9.53 Å². The Bertz CT molecular complexity index is 908. The third-order valence-electron chi connectivity index (χ3n) is 5.44. The molecule has 0 unspecified atom stereocenters. The van der Waals surface area contributed by atoms with Crippen molar-refractivity contribution in [2.75, 3.05) is 45.8 Å². The van der Waals surface area contributed by atoms with E-state index in [1.165, 1.54) is 12.8 Å². The van der Waals surface area contributed by atoms with E-state index in [9.17, 15) is 9.59 Å². The molecule has 1 aromatic carbocycles. The molecule has 0 spiro atoms. The number of aromatic amines is 1. The van der Waals surface area contributed by atoms with Gasteiger partial charge in [-0.1, -0.05) is 6.92 Å². The second-order valence-electron chi connectivity index (χ2n) is 7.69. The summed E-state index contributed by atoms with van der Waals surface area (Å²) < 4.78 is 15.9. The maximum absolute atomic E-state index is 12.7. The highest BCUT2D eigenvalue weighted by Crippen LogP contribution is 2.37. The average Bonchev–Trinajstić information content (AvgIpc) is 3.08. The first-order valence-electron chi connectivity index (χ1n) is 10.4. The molecule has 8 nitrogen and oxygen atoms in total. The Morgan fingerprint density at radius 1 is 1.23 bits per heavy atom. The standard InChI is InChI=1S/C22H31N3O5/c1-5-30-22(27)21-20(15-11-17(28-3)18(29-4)12-16(15)23-21)24-19(26)8-10-25-9-6-7-14(2)13-25/h11-12,14,23H,5-10,13H2,1-4H3,(H,24,26)/t14-/m0/s1. The van der Waals surface area contributed by atoms with Crippen molar-refractivity contribution < 1.29 is 23.8 Å². The summed E-state index contributed by atoms with van der Waals surface area (Å²) in [6.45, 7) is 6.96. The number of rotatable bonds is 8. The summed E-state index contributed by atoms with van der Waals surface area (Å²) in [6.07, 6.45) is 2.76. The van der Waals surface area contributed by atoms with Gasteiger partial charge in [-0.15, -0.1) is 0 Å². The molecule has 164 valence electrons. The molecule has 1 fully saturated rings. The summed E-state index contributed by atoms with van der Waals surface area (Å²) in [4.78, 5) is 30.6. The number of carbonyl (C=O) groups excluding carboxylic acids is 2. The van der Waals surface area contributed by atoms with Crippen molar-refractivity contribution in [2.24, 2.45) is 5.92 Å². The molecule has 0 aliphatic carbocycles. The van der Waals surface area contributed by atoms with Gasteiger partial charge < -0.3 is 29.4 Å². The number of fused-ring (bicyclic) bond motifs is 1. The molecule has 2 N–H and O–H groups in total. The fourth-order valence-corrected chi connectivity index (χ4v) is 3.96. The quantitative estimate of drug-likeness (QED) is 0.640. The Hall–Kier alpha value is -2.74. The van der Waals surface area contributed by atoms with Crippen molar-refractivity contribution in [3.8, 4) is 11.5 Å². The first kappa shape index (κ1) is 22.0. The van der Waals surface area contributed by atoms with Crippen LogP contribution < -0.4 is 14.8 Å². The highest BCUT2D eigenvalue weighted by atomic mass is 16.5. The Kier molecular flexibility index (Phi) is 7.20. The van der Waals surface area contributed by atoms with E-state index in [1.54, 1.807) is 33.3 Å². The zero-order valence-corrected chi connectivity index (χ0v) is 18.2. The van der Waals surface area contributed by atoms with Crippen LogP contribution in [0.5, 0.6) is 11.5 Å². The fourth-order valence-electron chi connectivity index (χ4n) is 3.96. The van der Waals surface area contributed by atoms with Gasteiger partial charge in [-0.3, -0.25) is 4.79 Å². The number of carbonyl (C=O) groups is 2. The number of ether oxygens (including phenoxy) is 3. The van der Waals surface area contributed by atoms with Gasteiger partial charge in [-0.05, 0) is 38.3 Å². The Morgan fingerprint density at radius 3 is 2.63 bits per heavy atom. The zero-order chi connectivity index (χ0) is 21.7. The van der Waals surface area contributed by atoms with Crippen LogP contribution in [0.1, 0.15) is 43.6 Å². The van der Waals surface area contributed by atoms with E-state index in [0.29, 0.717) is 47.0 Å². The van der Waals surface area contributed by atoms with Crippen molar-refractivity contribution in [1.29, 1.82) is 0 Å². The van der Waals surface area contributed by atoms with Gasteiger partial charge in [0.05, 0.1) is 32.0 Å². The number of likely N-dealkylation sites (tertiary alicyclic amines) is 1. The van der Waals surface area contributed by atoms with E-state index >= 15 is 0 Å². The summed E-state index contributed by atoms with van der Waals surface area (Å²) in [7, 11) is 3.09. The van der Waals surface area contributed by atoms with Crippen molar-refractivity contribution in [1.82, 2.24) is 9.88 Å². The van der Waals surface area contributed by atoms with Crippen LogP contribution in [0, 0.1) is 5.92 Å². The summed E-state index contributed by atoms with van der Waals surface area (Å²) in [6, 6.07) is 3.48. The molecule has 0 saturated carbocycles. The van der Waals surface area contributed by atoms with Crippen LogP contribution in [0.25, 0.3) is 10.9 Å². The maximum atomic E-state index is 12.7. The number of H-pyrrole nitrogens is 1. The largest absolute Gasteiger partial charge is 0.493 e. The fraction of sp³-hybridized carbons (Fsp3) is 0.545. The van der Waals surface area contributed by atoms with E-state index in [1.807, 2.05) is 0 Å². The number of esters is 1. The molecule has 1 aliphatic rings. The number of hydrogen-bond donors (Lipinski definition) is 2. The highest BCUT2D eigenvalue weighted by Gasteiger charge is 2.23. The third-order valence-corrected chi connectivity index (χ3v) is 5.44. The lowest BCUT2D eigenvalue weighted by atomic mass is 10.0. The number of methoxy groups -OCH3 is 2. The molecule has 1 aliphatic heterocycles. The molecule has 2 aromatic rings. The Labute approximate surface area is 176 Å². The van der Waals surface area contributed by atoms with E-state index < -0.39 is 5.97 Å². The lowest BCUT2D eigenvalue weighted by Crippen LogP contribution is -2.36. The number of aromatic nitrogens is 1. The smallest absolute Gasteiger partial charge is 0.356 e. The van der Waals surface area contributed by atoms with Crippen LogP contribution in [0.2, 0.25) is 0 Å². The van der Waals surface area contributed by atoms with Gasteiger partial charge >= 0.3 is 5.97 Å². The van der Waals surface area contributed by atoms with Crippen molar-refractivity contribution in [3.05, 3.63) is 17.8 Å². The second-order valence-corrected chi connectivity index (χ2v) is 7.69. The van der Waals surface area contributed by atoms with Crippen molar-refractivity contribution >= 4 is 28.5 Å². The lowest BCUT2D eigenvalue weighted by Gasteiger charge is -2.30. The molecular weight excluding hydrogens is 386 g/mol. The molecule has 30 heavy (non-hydrogen) atoms. The minimum atomic E-state index is -0.521. The third kappa shape index (κ3) is 4.87. The number of benzene rings is 1. The van der Waals surface area contributed by atoms with Crippen LogP contribution in [0.15, 0.2) is 12.1 Å². The number of amides is 1. The van der Waals surface area contributed by atoms with Gasteiger partial charge in [-0.25, -0.2) is 4.79 Å². The summed E-state index contributed by atoms with van der Waals surface area (Å²) >= 11 is 0. The molecule has 2 heterocycles. The normalized spacial score (nSPS) is 17.0. The van der Waals surface area contributed by atoms with Gasteiger partial charge in [0.25, 0.3) is 0 Å². The van der Waals surface area contributed by atoms with Crippen LogP contribution in [-0.4, -0.2) is 62.2 Å². The minimum Gasteiger partial charge on any atom is -0.493 e. The Morgan fingerprint density at radius 2 is 1.97 bits per heavy atom. The molecule has 1 saturated heterocycles. The van der Waals surface area contributed by atoms with Gasteiger partial charge in [0.1, 0.15) is 5.69 Å². The van der Waals surface area contributed by atoms with Crippen LogP contribution in [0.3, 0.4) is 0 Å². The lowest BCUT2D eigenvalue weighted by molar-refractivity contribution is -0.116. The molecule has 0 radical (unpaired) electrons. The Balaban J connectivity index is 1.85. The second kappa shape index (κ2) is 9.84. The predicted molar refractivity (Wildman–Crippen MR) is 115 cm³/mol. The molecule has 1 aromatic heterocycles. The summed E-state index contributed by atoms with van der Waals surface area (Å²) in [5.74, 6) is 1.03. The van der Waals surface area contributed by atoms with Gasteiger partial charge in [0.2, 0.25) is 5.91 Å². The number of hydrogen-bond acceptors (Lipinski definition) is 6. The molecule has 3 rings (SSSR count). The van der Waals surface area contributed by atoms with E-state index in [2.05, 4.69) is 22.1 Å². The summed E-state index contributed by atoms with van der Waals surface area (Å²) in [5.41, 5.74) is 1.26. The van der Waals surface area contributed by atoms with Crippen molar-refractivity contribution in [2.45, 2.75) is 33.1 Å². The minimum absolute atomic E-state index is 0.144. The number of nitrogens with one attached hydrogen (secondary N) is 2. The number of piperidine rings is 1. The van der Waals surface area contributed by atoms with Crippen LogP contribution >= 0.6 is 0 Å². The molecule has 8 heteroatoms. The van der Waals surface area contributed by atoms with E-state index in [-0.39, 0.29) is 18.2 Å². The molecular formula is C22H31N3O5.